The van der Waals surface area contributed by atoms with Gasteiger partial charge in [0, 0.05) is 18.5 Å². The van der Waals surface area contributed by atoms with E-state index in [9.17, 15) is 9.59 Å². The Labute approximate surface area is 116 Å². The summed E-state index contributed by atoms with van der Waals surface area (Å²) in [4.78, 5) is 28.4. The summed E-state index contributed by atoms with van der Waals surface area (Å²) in [6.07, 6.45) is 0. The number of carboxylic acids is 1. The second kappa shape index (κ2) is 7.08. The maximum absolute atomic E-state index is 11.9. The predicted octanol–water partition coefficient (Wildman–Crippen LogP) is 1.70. The molecule has 0 fully saturated rings. The molecule has 0 aliphatic heterocycles. The molecule has 1 aromatic rings. The molecule has 6 nitrogen and oxygen atoms in total. The predicted molar refractivity (Wildman–Crippen MR) is 73.1 cm³/mol. The number of aromatic nitrogens is 1. The van der Waals surface area contributed by atoms with Gasteiger partial charge in [-0.15, -0.1) is 11.3 Å². The molecular weight excluding hydrogens is 266 g/mol. The number of carboxylic acid groups (broad SMARTS) is 1. The number of hydrogen-bond acceptors (Lipinski definition) is 4. The fraction of sp³-hybridized carbons (Fsp3) is 0.583. The van der Waals surface area contributed by atoms with Crippen LogP contribution in [0.25, 0.3) is 0 Å². The number of nitrogens with one attached hydrogen (secondary N) is 1. The average molecular weight is 285 g/mol. The molecule has 0 saturated carbocycles. The van der Waals surface area contributed by atoms with E-state index in [0.29, 0.717) is 13.1 Å². The van der Waals surface area contributed by atoms with E-state index in [1.54, 1.807) is 6.92 Å². The van der Waals surface area contributed by atoms with Crippen molar-refractivity contribution < 1.29 is 14.7 Å². The summed E-state index contributed by atoms with van der Waals surface area (Å²) in [5, 5.41) is 14.4. The number of rotatable bonds is 6. The van der Waals surface area contributed by atoms with Gasteiger partial charge in [-0.2, -0.15) is 0 Å². The Balaban J connectivity index is 2.47. The number of hydrogen-bond donors (Lipinski definition) is 2. The number of aliphatic carboxylic acids is 1. The number of urea groups is 1. The normalized spacial score (nSPS) is 11.9. The summed E-state index contributed by atoms with van der Waals surface area (Å²) in [6.45, 7) is 6.35. The summed E-state index contributed by atoms with van der Waals surface area (Å²) in [7, 11) is 0. The first kappa shape index (κ1) is 15.4. The van der Waals surface area contributed by atoms with Crippen molar-refractivity contribution in [3.8, 4) is 0 Å². The van der Waals surface area contributed by atoms with Gasteiger partial charge in [-0.25, -0.2) is 9.78 Å². The van der Waals surface area contributed by atoms with E-state index in [0.717, 1.165) is 10.7 Å². The van der Waals surface area contributed by atoms with Crippen molar-refractivity contribution in [1.29, 1.82) is 0 Å². The largest absolute Gasteiger partial charge is 0.481 e. The van der Waals surface area contributed by atoms with Crippen LogP contribution in [0.5, 0.6) is 0 Å². The van der Waals surface area contributed by atoms with Crippen LogP contribution in [0.1, 0.15) is 24.5 Å². The van der Waals surface area contributed by atoms with Crippen LogP contribution in [0.2, 0.25) is 0 Å². The van der Waals surface area contributed by atoms with Gasteiger partial charge >= 0.3 is 12.0 Å². The van der Waals surface area contributed by atoms with Crippen molar-refractivity contribution in [2.24, 2.45) is 5.92 Å². The topological polar surface area (TPSA) is 82.5 Å². The SMILES string of the molecule is CCN(CC(C)C(=O)O)C(=O)NCc1csc(C)n1. The monoisotopic (exact) mass is 285 g/mol. The van der Waals surface area contributed by atoms with Crippen molar-refractivity contribution in [3.05, 3.63) is 16.1 Å². The lowest BCUT2D eigenvalue weighted by atomic mass is 10.2. The summed E-state index contributed by atoms with van der Waals surface area (Å²) in [5.74, 6) is -1.48. The van der Waals surface area contributed by atoms with Gasteiger partial charge < -0.3 is 15.3 Å². The van der Waals surface area contributed by atoms with Crippen molar-refractivity contribution in [2.75, 3.05) is 13.1 Å². The molecule has 2 amide bonds. The zero-order valence-electron chi connectivity index (χ0n) is 11.3. The van der Waals surface area contributed by atoms with Crippen LogP contribution in [0.4, 0.5) is 4.79 Å². The molecule has 1 heterocycles. The Kier molecular flexibility index (Phi) is 5.75. The first-order valence-corrected chi connectivity index (χ1v) is 6.98. The second-order valence-electron chi connectivity index (χ2n) is 4.29. The third kappa shape index (κ3) is 4.86. The highest BCUT2D eigenvalue weighted by Crippen LogP contribution is 2.07. The maximum Gasteiger partial charge on any atom is 0.317 e. The number of nitrogens with zero attached hydrogens (tertiary/aromatic N) is 2. The van der Waals surface area contributed by atoms with Crippen LogP contribution in [0.3, 0.4) is 0 Å². The summed E-state index contributed by atoms with van der Waals surface area (Å²) >= 11 is 1.53. The molecule has 1 unspecified atom stereocenters. The number of aryl methyl sites for hydroxylation is 1. The van der Waals surface area contributed by atoms with Gasteiger partial charge in [0.05, 0.1) is 23.2 Å². The summed E-state index contributed by atoms with van der Waals surface area (Å²) in [6, 6.07) is -0.263. The number of amides is 2. The molecule has 0 radical (unpaired) electrons. The Bertz CT molecular complexity index is 447. The molecule has 1 atom stereocenters. The molecule has 2 N–H and O–H groups in total. The van der Waals surface area contributed by atoms with Crippen molar-refractivity contribution in [1.82, 2.24) is 15.2 Å². The van der Waals surface area contributed by atoms with Gasteiger partial charge in [-0.3, -0.25) is 4.79 Å². The van der Waals surface area contributed by atoms with Gasteiger partial charge in [0.2, 0.25) is 0 Å². The van der Waals surface area contributed by atoms with Gasteiger partial charge in [-0.1, -0.05) is 6.92 Å². The van der Waals surface area contributed by atoms with Crippen LogP contribution in [0, 0.1) is 12.8 Å². The van der Waals surface area contributed by atoms with Crippen LogP contribution < -0.4 is 5.32 Å². The molecule has 0 aliphatic rings. The smallest absolute Gasteiger partial charge is 0.317 e. The van der Waals surface area contributed by atoms with E-state index < -0.39 is 11.9 Å². The van der Waals surface area contributed by atoms with Gasteiger partial charge in [-0.05, 0) is 13.8 Å². The second-order valence-corrected chi connectivity index (χ2v) is 5.36. The number of carbonyl (C=O) groups is 2. The first-order valence-electron chi connectivity index (χ1n) is 6.10. The first-order chi connectivity index (χ1) is 8.93. The van der Waals surface area contributed by atoms with E-state index in [4.69, 9.17) is 5.11 Å². The third-order valence-electron chi connectivity index (χ3n) is 2.67. The molecule has 0 spiro atoms. The van der Waals surface area contributed by atoms with E-state index in [-0.39, 0.29) is 12.6 Å². The average Bonchev–Trinajstić information content (AvgIpc) is 2.78. The molecule has 0 bridgehead atoms. The molecule has 1 aromatic heterocycles. The van der Waals surface area contributed by atoms with Crippen LogP contribution in [-0.2, 0) is 11.3 Å². The lowest BCUT2D eigenvalue weighted by Gasteiger charge is -2.23. The quantitative estimate of drug-likeness (QED) is 0.833. The summed E-state index contributed by atoms with van der Waals surface area (Å²) < 4.78 is 0. The van der Waals surface area contributed by atoms with E-state index in [2.05, 4.69) is 10.3 Å². The molecule has 0 aliphatic carbocycles. The maximum atomic E-state index is 11.9. The van der Waals surface area contributed by atoms with Gasteiger partial charge in [0.25, 0.3) is 0 Å². The highest BCUT2D eigenvalue weighted by Gasteiger charge is 2.19. The molecule has 1 rings (SSSR count). The minimum atomic E-state index is -0.902. The van der Waals surface area contributed by atoms with E-state index in [1.807, 2.05) is 19.2 Å². The molecule has 0 aromatic carbocycles. The minimum absolute atomic E-state index is 0.202. The zero-order chi connectivity index (χ0) is 14.4. The fourth-order valence-corrected chi connectivity index (χ4v) is 2.14. The lowest BCUT2D eigenvalue weighted by Crippen LogP contribution is -2.42. The number of carbonyl (C=O) groups excluding carboxylic acids is 1. The molecule has 106 valence electrons. The summed E-state index contributed by atoms with van der Waals surface area (Å²) in [5.41, 5.74) is 0.818. The molecule has 0 saturated heterocycles. The van der Waals surface area contributed by atoms with Crippen LogP contribution in [0.15, 0.2) is 5.38 Å². The third-order valence-corrected chi connectivity index (χ3v) is 3.49. The Morgan fingerprint density at radius 3 is 2.74 bits per heavy atom. The van der Waals surface area contributed by atoms with E-state index in [1.165, 1.54) is 16.2 Å². The standard InChI is InChI=1S/C12H19N3O3S/c1-4-15(6-8(2)11(16)17)12(18)13-5-10-7-19-9(3)14-10/h7-8H,4-6H2,1-3H3,(H,13,18)(H,16,17). The zero-order valence-corrected chi connectivity index (χ0v) is 12.2. The Hall–Kier alpha value is -1.63. The molecule has 7 heteroatoms. The van der Waals surface area contributed by atoms with Crippen LogP contribution >= 0.6 is 11.3 Å². The Morgan fingerprint density at radius 2 is 2.26 bits per heavy atom. The van der Waals surface area contributed by atoms with Crippen molar-refractivity contribution in [2.45, 2.75) is 27.3 Å². The fourth-order valence-electron chi connectivity index (χ4n) is 1.53. The molecular formula is C12H19N3O3S. The highest BCUT2D eigenvalue weighted by molar-refractivity contribution is 7.09. The van der Waals surface area contributed by atoms with Crippen molar-refractivity contribution >= 4 is 23.3 Å². The minimum Gasteiger partial charge on any atom is -0.481 e. The van der Waals surface area contributed by atoms with E-state index >= 15 is 0 Å². The highest BCUT2D eigenvalue weighted by atomic mass is 32.1. The van der Waals surface area contributed by atoms with Gasteiger partial charge in [0.15, 0.2) is 0 Å². The Morgan fingerprint density at radius 1 is 1.58 bits per heavy atom. The van der Waals surface area contributed by atoms with Gasteiger partial charge in [0.1, 0.15) is 0 Å². The van der Waals surface area contributed by atoms with Crippen LogP contribution in [-0.4, -0.2) is 40.1 Å². The number of thiazole rings is 1. The van der Waals surface area contributed by atoms with Crippen molar-refractivity contribution in [3.63, 3.8) is 0 Å². The molecule has 19 heavy (non-hydrogen) atoms. The lowest BCUT2D eigenvalue weighted by molar-refractivity contribution is -0.141.